The van der Waals surface area contributed by atoms with E-state index < -0.39 is 38.2 Å². The zero-order chi connectivity index (χ0) is 31.8. The van der Waals surface area contributed by atoms with Crippen LogP contribution in [-0.4, -0.2) is 53.0 Å². The van der Waals surface area contributed by atoms with Gasteiger partial charge in [0.2, 0.25) is 20.0 Å². The lowest BCUT2D eigenvalue weighted by Gasteiger charge is -2.33. The number of carbonyl (C=O) groups excluding carboxylic acids is 1. The highest BCUT2D eigenvalue weighted by molar-refractivity contribution is 7.89. The van der Waals surface area contributed by atoms with Gasteiger partial charge in [0.15, 0.2) is 0 Å². The van der Waals surface area contributed by atoms with Crippen molar-refractivity contribution in [2.24, 2.45) is 11.8 Å². The molecule has 0 unspecified atom stereocenters. The van der Waals surface area contributed by atoms with E-state index in [1.165, 1.54) is 29.2 Å². The summed E-state index contributed by atoms with van der Waals surface area (Å²) in [7, 11) is -7.80. The van der Waals surface area contributed by atoms with Crippen LogP contribution in [0.25, 0.3) is 0 Å². The topological polar surface area (TPSA) is 122 Å². The van der Waals surface area contributed by atoms with Crippen molar-refractivity contribution in [3.05, 3.63) is 95.6 Å². The van der Waals surface area contributed by atoms with E-state index >= 15 is 0 Å². The number of amides is 1. The monoisotopic (exact) mass is 629 g/mol. The lowest BCUT2D eigenvalue weighted by molar-refractivity contribution is 0.0860. The maximum absolute atomic E-state index is 13.5. The first-order valence-electron chi connectivity index (χ1n) is 14.3. The fraction of sp³-hybridized carbons (Fsp3) is 0.406. The van der Waals surface area contributed by atoms with Crippen molar-refractivity contribution in [1.29, 1.82) is 0 Å². The highest BCUT2D eigenvalue weighted by atomic mass is 32.2. The smallest absolute Gasteiger partial charge is 0.410 e. The summed E-state index contributed by atoms with van der Waals surface area (Å²) in [6, 6.07) is 20.9. The molecule has 3 aromatic rings. The largest absolute Gasteiger partial charge is 0.445 e. The van der Waals surface area contributed by atoms with Crippen LogP contribution in [-0.2, 0) is 31.4 Å². The zero-order valence-electron chi connectivity index (χ0n) is 25.6. The second kappa shape index (κ2) is 15.0. The third kappa shape index (κ3) is 10.2. The molecule has 11 heteroatoms. The highest BCUT2D eigenvalue weighted by Gasteiger charge is 2.31. The van der Waals surface area contributed by atoms with E-state index in [0.717, 1.165) is 16.7 Å². The third-order valence-corrected chi connectivity index (χ3v) is 10.2. The molecule has 0 aliphatic heterocycles. The Morgan fingerprint density at radius 1 is 0.674 bits per heavy atom. The molecule has 43 heavy (non-hydrogen) atoms. The minimum atomic E-state index is -3.90. The molecule has 0 fully saturated rings. The van der Waals surface area contributed by atoms with Crippen LogP contribution in [0.5, 0.6) is 0 Å². The Morgan fingerprint density at radius 3 is 1.44 bits per heavy atom. The van der Waals surface area contributed by atoms with Crippen LogP contribution in [0.15, 0.2) is 88.7 Å². The summed E-state index contributed by atoms with van der Waals surface area (Å²) in [6.07, 6.45) is -0.677. The van der Waals surface area contributed by atoms with Crippen molar-refractivity contribution in [1.82, 2.24) is 14.3 Å². The molecule has 0 saturated carbocycles. The third-order valence-electron chi connectivity index (χ3n) is 7.18. The van der Waals surface area contributed by atoms with E-state index in [9.17, 15) is 21.6 Å². The van der Waals surface area contributed by atoms with Gasteiger partial charge in [-0.2, -0.15) is 0 Å². The summed E-state index contributed by atoms with van der Waals surface area (Å²) in [5, 5.41) is 0. The quantitative estimate of drug-likeness (QED) is 0.251. The number of benzene rings is 3. The molecule has 2 atom stereocenters. The fourth-order valence-electron chi connectivity index (χ4n) is 4.25. The van der Waals surface area contributed by atoms with Gasteiger partial charge in [0, 0.05) is 25.2 Å². The van der Waals surface area contributed by atoms with Crippen LogP contribution >= 0.6 is 0 Å². The molecule has 1 amide bonds. The molecular weight excluding hydrogens is 587 g/mol. The molecule has 0 bridgehead atoms. The van der Waals surface area contributed by atoms with Crippen LogP contribution in [0.3, 0.4) is 0 Å². The number of carbonyl (C=O) groups is 1. The van der Waals surface area contributed by atoms with Crippen molar-refractivity contribution < 1.29 is 26.4 Å². The standard InChI is InChI=1S/C32H43N3O6S2/c1-23(2)30(33-42(37,38)28-16-12-25(5)13-17-28)20-35(32(36)41-22-27-10-8-7-9-11-27)21-31(24(3)4)34-43(39,40)29-18-14-26(6)15-19-29/h7-19,23-24,30-31,33-34H,20-22H2,1-6H3/t30-,31-/m1/s1. The molecule has 3 aromatic carbocycles. The zero-order valence-corrected chi connectivity index (χ0v) is 27.3. The summed E-state index contributed by atoms with van der Waals surface area (Å²) in [6.45, 7) is 11.1. The van der Waals surface area contributed by atoms with Gasteiger partial charge in [-0.15, -0.1) is 0 Å². The van der Waals surface area contributed by atoms with Crippen LogP contribution in [0.1, 0.15) is 44.4 Å². The van der Waals surface area contributed by atoms with Gasteiger partial charge < -0.3 is 9.64 Å². The lowest BCUT2D eigenvalue weighted by atomic mass is 10.0. The number of nitrogens with one attached hydrogen (secondary N) is 2. The second-order valence-electron chi connectivity index (χ2n) is 11.5. The number of rotatable bonds is 14. The number of ether oxygens (including phenoxy) is 1. The Bertz CT molecular complexity index is 1450. The number of hydrogen-bond donors (Lipinski definition) is 2. The molecule has 0 aliphatic rings. The van der Waals surface area contributed by atoms with E-state index in [1.54, 1.807) is 24.3 Å². The number of sulfonamides is 2. The normalized spacial score (nSPS) is 13.6. The Balaban J connectivity index is 1.88. The maximum Gasteiger partial charge on any atom is 0.410 e. The predicted molar refractivity (Wildman–Crippen MR) is 168 cm³/mol. The second-order valence-corrected chi connectivity index (χ2v) is 14.9. The molecule has 0 spiro atoms. The Labute approximate surface area is 256 Å². The summed E-state index contributed by atoms with van der Waals surface area (Å²) >= 11 is 0. The fourth-order valence-corrected chi connectivity index (χ4v) is 7.00. The van der Waals surface area contributed by atoms with Gasteiger partial charge in [-0.25, -0.2) is 31.1 Å². The van der Waals surface area contributed by atoms with Gasteiger partial charge in [0.25, 0.3) is 0 Å². The summed E-state index contributed by atoms with van der Waals surface area (Å²) in [4.78, 5) is 15.1. The lowest BCUT2D eigenvalue weighted by Crippen LogP contribution is -2.53. The van der Waals surface area contributed by atoms with Crippen LogP contribution in [0.4, 0.5) is 4.79 Å². The van der Waals surface area contributed by atoms with Gasteiger partial charge >= 0.3 is 6.09 Å². The first-order valence-corrected chi connectivity index (χ1v) is 17.3. The van der Waals surface area contributed by atoms with Gasteiger partial charge in [-0.1, -0.05) is 93.4 Å². The van der Waals surface area contributed by atoms with Crippen LogP contribution < -0.4 is 9.44 Å². The van der Waals surface area contributed by atoms with E-state index in [-0.39, 0.29) is 41.3 Å². The van der Waals surface area contributed by atoms with Gasteiger partial charge in [-0.05, 0) is 55.5 Å². The van der Waals surface area contributed by atoms with E-state index in [4.69, 9.17) is 4.74 Å². The molecule has 0 aliphatic carbocycles. The van der Waals surface area contributed by atoms with Crippen molar-refractivity contribution in [2.45, 2.75) is 70.0 Å². The Morgan fingerprint density at radius 2 is 1.07 bits per heavy atom. The SMILES string of the molecule is Cc1ccc(S(=O)(=O)N[C@H](CN(C[C@@H](NS(=O)(=O)c2ccc(C)cc2)C(C)C)C(=O)OCc2ccccc2)C(C)C)cc1. The molecule has 2 N–H and O–H groups in total. The van der Waals surface area contributed by atoms with Gasteiger partial charge in [0.05, 0.1) is 9.79 Å². The number of aryl methyl sites for hydroxylation is 2. The summed E-state index contributed by atoms with van der Waals surface area (Å²) in [5.74, 6) is -0.405. The molecule has 234 valence electrons. The van der Waals surface area contributed by atoms with Gasteiger partial charge in [0.1, 0.15) is 6.61 Å². The molecule has 9 nitrogen and oxygen atoms in total. The Hall–Kier alpha value is -3.25. The van der Waals surface area contributed by atoms with Crippen LogP contribution in [0.2, 0.25) is 0 Å². The first kappa shape index (κ1) is 34.2. The molecule has 0 saturated heterocycles. The maximum atomic E-state index is 13.5. The van der Waals surface area contributed by atoms with E-state index in [0.29, 0.717) is 0 Å². The van der Waals surface area contributed by atoms with Crippen molar-refractivity contribution in [3.63, 3.8) is 0 Å². The molecular formula is C32H43N3O6S2. The molecule has 3 rings (SSSR count). The summed E-state index contributed by atoms with van der Waals surface area (Å²) < 4.78 is 64.3. The van der Waals surface area contributed by atoms with Crippen molar-refractivity contribution in [3.8, 4) is 0 Å². The van der Waals surface area contributed by atoms with Crippen molar-refractivity contribution in [2.75, 3.05) is 13.1 Å². The van der Waals surface area contributed by atoms with E-state index in [2.05, 4.69) is 9.44 Å². The molecule has 0 aromatic heterocycles. The number of nitrogens with zero attached hydrogens (tertiary/aromatic N) is 1. The molecule has 0 heterocycles. The molecule has 0 radical (unpaired) electrons. The Kier molecular flexibility index (Phi) is 11.9. The van der Waals surface area contributed by atoms with Crippen LogP contribution in [0, 0.1) is 25.7 Å². The predicted octanol–water partition coefficient (Wildman–Crippen LogP) is 5.25. The minimum absolute atomic E-state index is 0.0129. The van der Waals surface area contributed by atoms with Crippen molar-refractivity contribution >= 4 is 26.1 Å². The number of hydrogen-bond acceptors (Lipinski definition) is 6. The van der Waals surface area contributed by atoms with Gasteiger partial charge in [-0.3, -0.25) is 0 Å². The minimum Gasteiger partial charge on any atom is -0.445 e. The first-order chi connectivity index (χ1) is 20.2. The van der Waals surface area contributed by atoms with E-state index in [1.807, 2.05) is 71.9 Å². The summed E-state index contributed by atoms with van der Waals surface area (Å²) in [5.41, 5.74) is 2.65. The average Bonchev–Trinajstić information content (AvgIpc) is 2.95. The highest BCUT2D eigenvalue weighted by Crippen LogP contribution is 2.18. The average molecular weight is 630 g/mol.